The molecule has 1 fully saturated rings. The second-order valence-corrected chi connectivity index (χ2v) is 5.64. The molecule has 2 rings (SSSR count). The number of thiocarbonyl (C=S) groups is 1. The molecule has 1 aliphatic rings. The first-order valence-corrected chi connectivity index (χ1v) is 7.05. The third-order valence-electron chi connectivity index (χ3n) is 3.83. The van der Waals surface area contributed by atoms with Crippen molar-refractivity contribution in [2.24, 2.45) is 12.8 Å². The summed E-state index contributed by atoms with van der Waals surface area (Å²) in [6.07, 6.45) is 9.25. The van der Waals surface area contributed by atoms with E-state index in [2.05, 4.69) is 10.3 Å². The van der Waals surface area contributed by atoms with E-state index >= 15 is 0 Å². The number of imidazole rings is 1. The van der Waals surface area contributed by atoms with E-state index in [4.69, 9.17) is 18.0 Å². The highest BCUT2D eigenvalue weighted by atomic mass is 32.1. The maximum Gasteiger partial charge on any atom is 0.270 e. The zero-order valence-corrected chi connectivity index (χ0v) is 12.0. The number of amides is 1. The number of nitrogens with two attached hydrogens (primary N) is 1. The summed E-state index contributed by atoms with van der Waals surface area (Å²) in [5.74, 6) is -0.158. The smallest absolute Gasteiger partial charge is 0.270 e. The van der Waals surface area contributed by atoms with E-state index in [1.54, 1.807) is 24.1 Å². The van der Waals surface area contributed by atoms with Gasteiger partial charge >= 0.3 is 0 Å². The minimum atomic E-state index is -0.535. The fourth-order valence-corrected chi connectivity index (χ4v) is 2.88. The summed E-state index contributed by atoms with van der Waals surface area (Å²) in [5, 5.41) is 3.05. The number of rotatable bonds is 3. The topological polar surface area (TPSA) is 72.9 Å². The third kappa shape index (κ3) is 2.94. The lowest BCUT2D eigenvalue weighted by atomic mass is 9.90. The van der Waals surface area contributed by atoms with Gasteiger partial charge in [-0.05, 0) is 12.8 Å². The molecule has 0 aliphatic heterocycles. The first-order valence-electron chi connectivity index (χ1n) is 6.64. The number of nitrogens with one attached hydrogen (secondary N) is 1. The van der Waals surface area contributed by atoms with Crippen molar-refractivity contribution in [3.8, 4) is 0 Å². The molecule has 5 nitrogen and oxygen atoms in total. The van der Waals surface area contributed by atoms with Crippen LogP contribution in [-0.2, 0) is 7.05 Å². The SMILES string of the molecule is Cn1cncc1C(=O)NC1(C(N)=S)CCCCCC1. The van der Waals surface area contributed by atoms with E-state index in [0.29, 0.717) is 10.7 Å². The standard InChI is InChI=1S/C13H20N4OS/c1-17-9-15-8-10(17)11(18)16-13(12(14)19)6-4-2-3-5-7-13/h8-9H,2-7H2,1H3,(H2,14,19)(H,16,18). The molecule has 0 atom stereocenters. The van der Waals surface area contributed by atoms with Crippen LogP contribution in [0.15, 0.2) is 12.5 Å². The highest BCUT2D eigenvalue weighted by Gasteiger charge is 2.36. The van der Waals surface area contributed by atoms with E-state index in [1.165, 1.54) is 12.8 Å². The first kappa shape index (κ1) is 14.0. The molecule has 0 unspecified atom stereocenters. The monoisotopic (exact) mass is 280 g/mol. The van der Waals surface area contributed by atoms with Gasteiger partial charge in [0.2, 0.25) is 0 Å². The molecule has 104 valence electrons. The highest BCUT2D eigenvalue weighted by molar-refractivity contribution is 7.80. The van der Waals surface area contributed by atoms with E-state index in [9.17, 15) is 4.79 Å². The molecular formula is C13H20N4OS. The molecule has 6 heteroatoms. The molecule has 0 spiro atoms. The number of hydrogen-bond donors (Lipinski definition) is 2. The molecule has 1 heterocycles. The molecule has 1 aliphatic carbocycles. The van der Waals surface area contributed by atoms with Crippen molar-refractivity contribution in [1.82, 2.24) is 14.9 Å². The van der Waals surface area contributed by atoms with E-state index < -0.39 is 5.54 Å². The molecule has 1 amide bonds. The summed E-state index contributed by atoms with van der Waals surface area (Å²) in [7, 11) is 1.79. The Balaban J connectivity index is 2.19. The van der Waals surface area contributed by atoms with Crippen LogP contribution in [0.3, 0.4) is 0 Å². The predicted molar refractivity (Wildman–Crippen MR) is 77.9 cm³/mol. The molecule has 3 N–H and O–H groups in total. The fourth-order valence-electron chi connectivity index (χ4n) is 2.62. The zero-order valence-electron chi connectivity index (χ0n) is 11.2. The number of nitrogens with zero attached hydrogens (tertiary/aromatic N) is 2. The Morgan fingerprint density at radius 1 is 1.42 bits per heavy atom. The van der Waals surface area contributed by atoms with E-state index in [-0.39, 0.29) is 5.91 Å². The van der Waals surface area contributed by atoms with Crippen LogP contribution >= 0.6 is 12.2 Å². The normalized spacial score (nSPS) is 18.6. The van der Waals surface area contributed by atoms with E-state index in [1.807, 2.05) is 0 Å². The van der Waals surface area contributed by atoms with Gasteiger partial charge in [0.15, 0.2) is 0 Å². The van der Waals surface area contributed by atoms with Crippen LogP contribution in [0.5, 0.6) is 0 Å². The van der Waals surface area contributed by atoms with E-state index in [0.717, 1.165) is 25.7 Å². The third-order valence-corrected chi connectivity index (χ3v) is 4.22. The fraction of sp³-hybridized carbons (Fsp3) is 0.615. The van der Waals surface area contributed by atoms with Crippen LogP contribution in [0.4, 0.5) is 0 Å². The lowest BCUT2D eigenvalue weighted by Crippen LogP contribution is -2.56. The Morgan fingerprint density at radius 2 is 2.05 bits per heavy atom. The highest BCUT2D eigenvalue weighted by Crippen LogP contribution is 2.28. The molecule has 0 radical (unpaired) electrons. The number of aryl methyl sites for hydroxylation is 1. The number of hydrogen-bond acceptors (Lipinski definition) is 3. The largest absolute Gasteiger partial charge is 0.391 e. The van der Waals surface area contributed by atoms with Gasteiger partial charge < -0.3 is 15.6 Å². The molecule has 0 bridgehead atoms. The summed E-state index contributed by atoms with van der Waals surface area (Å²) in [5.41, 5.74) is 5.90. The van der Waals surface area contributed by atoms with Crippen molar-refractivity contribution >= 4 is 23.1 Å². The van der Waals surface area contributed by atoms with Crippen LogP contribution in [-0.4, -0.2) is 26.0 Å². The van der Waals surface area contributed by atoms with Gasteiger partial charge in [0.05, 0.1) is 23.1 Å². The zero-order chi connectivity index (χ0) is 13.9. The van der Waals surface area contributed by atoms with Crippen molar-refractivity contribution in [1.29, 1.82) is 0 Å². The second-order valence-electron chi connectivity index (χ2n) is 5.20. The maximum absolute atomic E-state index is 12.3. The number of aromatic nitrogens is 2. The van der Waals surface area contributed by atoms with Gasteiger partial charge in [-0.25, -0.2) is 4.98 Å². The average Bonchev–Trinajstić information content (AvgIpc) is 2.64. The van der Waals surface area contributed by atoms with Gasteiger partial charge in [0, 0.05) is 7.05 Å². The molecule has 19 heavy (non-hydrogen) atoms. The predicted octanol–water partition coefficient (Wildman–Crippen LogP) is 1.53. The lowest BCUT2D eigenvalue weighted by Gasteiger charge is -2.32. The minimum absolute atomic E-state index is 0.158. The summed E-state index contributed by atoms with van der Waals surface area (Å²) in [6, 6.07) is 0. The molecule has 1 aromatic heterocycles. The average molecular weight is 280 g/mol. The Morgan fingerprint density at radius 3 is 2.53 bits per heavy atom. The molecular weight excluding hydrogens is 260 g/mol. The van der Waals surface area contributed by atoms with Crippen molar-refractivity contribution in [3.63, 3.8) is 0 Å². The Bertz CT molecular complexity index is 475. The number of carbonyl (C=O) groups excluding carboxylic acids is 1. The second kappa shape index (κ2) is 5.69. The van der Waals surface area contributed by atoms with Crippen molar-refractivity contribution in [3.05, 3.63) is 18.2 Å². The van der Waals surface area contributed by atoms with Gasteiger partial charge in [0.1, 0.15) is 5.69 Å². The van der Waals surface area contributed by atoms with Crippen LogP contribution < -0.4 is 11.1 Å². The summed E-state index contributed by atoms with van der Waals surface area (Å²) < 4.78 is 1.69. The first-order chi connectivity index (χ1) is 9.05. The quantitative estimate of drug-likeness (QED) is 0.650. The Hall–Kier alpha value is -1.43. The van der Waals surface area contributed by atoms with Crippen LogP contribution in [0, 0.1) is 0 Å². The molecule has 0 aromatic carbocycles. The van der Waals surface area contributed by atoms with Gasteiger partial charge in [-0.1, -0.05) is 37.9 Å². The van der Waals surface area contributed by atoms with Gasteiger partial charge in [-0.3, -0.25) is 4.79 Å². The van der Waals surface area contributed by atoms with Gasteiger partial charge in [-0.2, -0.15) is 0 Å². The lowest BCUT2D eigenvalue weighted by molar-refractivity contribution is 0.0909. The van der Waals surface area contributed by atoms with Crippen LogP contribution in [0.25, 0.3) is 0 Å². The van der Waals surface area contributed by atoms with Gasteiger partial charge in [-0.15, -0.1) is 0 Å². The molecule has 0 saturated heterocycles. The minimum Gasteiger partial charge on any atom is -0.391 e. The number of carbonyl (C=O) groups is 1. The van der Waals surface area contributed by atoms with Crippen molar-refractivity contribution in [2.45, 2.75) is 44.1 Å². The van der Waals surface area contributed by atoms with Crippen molar-refractivity contribution < 1.29 is 4.79 Å². The molecule has 1 aromatic rings. The van der Waals surface area contributed by atoms with Gasteiger partial charge in [0.25, 0.3) is 5.91 Å². The Kier molecular flexibility index (Phi) is 4.19. The summed E-state index contributed by atoms with van der Waals surface area (Å²) in [4.78, 5) is 16.7. The van der Waals surface area contributed by atoms with Crippen molar-refractivity contribution in [2.75, 3.05) is 0 Å². The summed E-state index contributed by atoms with van der Waals surface area (Å²) >= 11 is 5.21. The molecule has 1 saturated carbocycles. The summed E-state index contributed by atoms with van der Waals surface area (Å²) in [6.45, 7) is 0. The van der Waals surface area contributed by atoms with Crippen LogP contribution in [0.1, 0.15) is 49.0 Å². The Labute approximate surface area is 118 Å². The van der Waals surface area contributed by atoms with Crippen LogP contribution in [0.2, 0.25) is 0 Å². The maximum atomic E-state index is 12.3.